The predicted octanol–water partition coefficient (Wildman–Crippen LogP) is 0.985. The van der Waals surface area contributed by atoms with E-state index in [1.807, 2.05) is 0 Å². The van der Waals surface area contributed by atoms with Gasteiger partial charge in [-0.25, -0.2) is 0 Å². The average Bonchev–Trinajstić information content (AvgIpc) is 2.26. The van der Waals surface area contributed by atoms with Crippen LogP contribution in [0.15, 0.2) is 0 Å². The smallest absolute Gasteiger partial charge is 0.140 e. The van der Waals surface area contributed by atoms with Crippen molar-refractivity contribution >= 4 is 5.78 Å². The fraction of sp³-hybridized carbons (Fsp3) is 0.833. The van der Waals surface area contributed by atoms with Crippen molar-refractivity contribution in [2.45, 2.75) is 19.3 Å². The summed E-state index contributed by atoms with van der Waals surface area (Å²) in [4.78, 5) is 10.5. The van der Waals surface area contributed by atoms with Gasteiger partial charge >= 0.3 is 0 Å². The molecule has 0 heterocycles. The van der Waals surface area contributed by atoms with Gasteiger partial charge < -0.3 is 0 Å². The first-order chi connectivity index (χ1) is 3.39. The Balaban J connectivity index is 2.19. The van der Waals surface area contributed by atoms with Crippen molar-refractivity contribution in [2.75, 3.05) is 0 Å². The second-order valence-corrected chi connectivity index (χ2v) is 2.55. The Hall–Kier alpha value is -0.330. The number of rotatable bonds is 0. The van der Waals surface area contributed by atoms with E-state index >= 15 is 0 Å². The lowest BCUT2D eigenvalue weighted by molar-refractivity contribution is -0.112. The van der Waals surface area contributed by atoms with Gasteiger partial charge in [0.2, 0.25) is 0 Å². The van der Waals surface area contributed by atoms with E-state index < -0.39 is 0 Å². The molecule has 0 spiro atoms. The summed E-state index contributed by atoms with van der Waals surface area (Å²) in [5.74, 6) is 1.63. The molecule has 1 nitrogen and oxygen atoms in total. The van der Waals surface area contributed by atoms with Gasteiger partial charge in [0, 0.05) is 11.8 Å². The molecule has 0 saturated heterocycles. The van der Waals surface area contributed by atoms with Crippen LogP contribution >= 0.6 is 0 Å². The standard InChI is InChI=1S/C6H8O/c7-6-4-2-1-3-5(4)6/h4-5H,1-3H2. The number of Topliss-reactive ketones (excluding diaryl/α,β-unsaturated/α-hetero) is 1. The monoisotopic (exact) mass is 96.1 g/mol. The average molecular weight is 96.1 g/mol. The normalized spacial score (nSPS) is 46.6. The molecule has 0 aromatic heterocycles. The third-order valence-electron chi connectivity index (χ3n) is 2.14. The number of ketones is 1. The first-order valence-corrected chi connectivity index (χ1v) is 2.93. The topological polar surface area (TPSA) is 17.1 Å². The van der Waals surface area contributed by atoms with E-state index in [1.54, 1.807) is 0 Å². The van der Waals surface area contributed by atoms with E-state index in [0.29, 0.717) is 17.6 Å². The van der Waals surface area contributed by atoms with Gasteiger partial charge in [-0.1, -0.05) is 6.42 Å². The Morgan fingerprint density at radius 2 is 1.86 bits per heavy atom. The molecule has 2 unspecified atom stereocenters. The quantitative estimate of drug-likeness (QED) is 0.439. The number of fused-ring (bicyclic) bond motifs is 1. The van der Waals surface area contributed by atoms with Gasteiger partial charge in [-0.05, 0) is 12.8 Å². The SMILES string of the molecule is O=C1C2CCCC12. The lowest BCUT2D eigenvalue weighted by Gasteiger charge is -1.81. The van der Waals surface area contributed by atoms with Crippen LogP contribution in [0.5, 0.6) is 0 Å². The van der Waals surface area contributed by atoms with Crippen LogP contribution in [-0.2, 0) is 4.79 Å². The van der Waals surface area contributed by atoms with Crippen molar-refractivity contribution in [1.29, 1.82) is 0 Å². The molecular weight excluding hydrogens is 88.1 g/mol. The minimum Gasteiger partial charge on any atom is -0.299 e. The van der Waals surface area contributed by atoms with Gasteiger partial charge in [-0.3, -0.25) is 4.79 Å². The maximum atomic E-state index is 10.5. The molecule has 1 heteroatoms. The van der Waals surface area contributed by atoms with E-state index in [2.05, 4.69) is 0 Å². The Morgan fingerprint density at radius 1 is 1.29 bits per heavy atom. The zero-order valence-corrected chi connectivity index (χ0v) is 4.18. The van der Waals surface area contributed by atoms with Crippen molar-refractivity contribution in [3.8, 4) is 0 Å². The highest BCUT2D eigenvalue weighted by Gasteiger charge is 2.51. The lowest BCUT2D eigenvalue weighted by Crippen LogP contribution is -1.78. The fourth-order valence-corrected chi connectivity index (χ4v) is 1.59. The van der Waals surface area contributed by atoms with E-state index in [0.717, 1.165) is 0 Å². The molecule has 2 aliphatic carbocycles. The lowest BCUT2D eigenvalue weighted by atomic mass is 10.2. The molecule has 0 aromatic carbocycles. The molecule has 0 aliphatic heterocycles. The van der Waals surface area contributed by atoms with E-state index in [-0.39, 0.29) is 0 Å². The van der Waals surface area contributed by atoms with Crippen molar-refractivity contribution in [3.05, 3.63) is 0 Å². The second-order valence-electron chi connectivity index (χ2n) is 2.55. The van der Waals surface area contributed by atoms with Crippen LogP contribution in [0.3, 0.4) is 0 Å². The third-order valence-corrected chi connectivity index (χ3v) is 2.14. The van der Waals surface area contributed by atoms with Gasteiger partial charge in [0.05, 0.1) is 0 Å². The van der Waals surface area contributed by atoms with Crippen LogP contribution < -0.4 is 0 Å². The maximum Gasteiger partial charge on any atom is 0.140 e. The first kappa shape index (κ1) is 3.65. The number of hydrogen-bond acceptors (Lipinski definition) is 1. The van der Waals surface area contributed by atoms with E-state index in [1.165, 1.54) is 19.3 Å². The zero-order chi connectivity index (χ0) is 4.85. The summed E-state index contributed by atoms with van der Waals surface area (Å²) >= 11 is 0. The van der Waals surface area contributed by atoms with E-state index in [4.69, 9.17) is 0 Å². The Kier molecular flexibility index (Phi) is 0.473. The molecule has 2 atom stereocenters. The largest absolute Gasteiger partial charge is 0.299 e. The Labute approximate surface area is 42.7 Å². The summed E-state index contributed by atoms with van der Waals surface area (Å²) in [7, 11) is 0. The molecule has 2 saturated carbocycles. The molecule has 0 bridgehead atoms. The van der Waals surface area contributed by atoms with E-state index in [9.17, 15) is 4.79 Å². The molecule has 0 aromatic rings. The molecule has 0 amide bonds. The van der Waals surface area contributed by atoms with Crippen LogP contribution in [0, 0.1) is 11.8 Å². The van der Waals surface area contributed by atoms with Gasteiger partial charge in [0.15, 0.2) is 0 Å². The molecule has 2 rings (SSSR count). The van der Waals surface area contributed by atoms with Gasteiger partial charge in [-0.15, -0.1) is 0 Å². The van der Waals surface area contributed by atoms with Crippen molar-refractivity contribution in [2.24, 2.45) is 11.8 Å². The van der Waals surface area contributed by atoms with Crippen LogP contribution in [-0.4, -0.2) is 5.78 Å². The Morgan fingerprint density at radius 3 is 2.14 bits per heavy atom. The molecule has 7 heavy (non-hydrogen) atoms. The minimum absolute atomic E-state index is 0.542. The number of carbonyl (C=O) groups is 1. The van der Waals surface area contributed by atoms with Crippen LogP contribution in [0.4, 0.5) is 0 Å². The summed E-state index contributed by atoms with van der Waals surface area (Å²) in [6.45, 7) is 0. The molecular formula is C6H8O. The summed E-state index contributed by atoms with van der Waals surface area (Å²) in [5, 5.41) is 0. The highest BCUT2D eigenvalue weighted by molar-refractivity contribution is 5.99. The molecule has 2 fully saturated rings. The van der Waals surface area contributed by atoms with Gasteiger partial charge in [-0.2, -0.15) is 0 Å². The summed E-state index contributed by atoms with van der Waals surface area (Å²) in [5.41, 5.74) is 0. The maximum absolute atomic E-state index is 10.5. The summed E-state index contributed by atoms with van der Waals surface area (Å²) in [6, 6.07) is 0. The molecule has 2 aliphatic rings. The van der Waals surface area contributed by atoms with Crippen LogP contribution in [0.25, 0.3) is 0 Å². The van der Waals surface area contributed by atoms with Gasteiger partial charge in [0.1, 0.15) is 5.78 Å². The zero-order valence-electron chi connectivity index (χ0n) is 4.18. The fourth-order valence-electron chi connectivity index (χ4n) is 1.59. The molecule has 0 radical (unpaired) electrons. The Bertz CT molecular complexity index is 105. The van der Waals surface area contributed by atoms with Gasteiger partial charge in [0.25, 0.3) is 0 Å². The highest BCUT2D eigenvalue weighted by Crippen LogP contribution is 2.47. The summed E-state index contributed by atoms with van der Waals surface area (Å²) in [6.07, 6.45) is 3.70. The summed E-state index contributed by atoms with van der Waals surface area (Å²) < 4.78 is 0. The predicted molar refractivity (Wildman–Crippen MR) is 25.8 cm³/mol. The number of hydrogen-bond donors (Lipinski definition) is 0. The van der Waals surface area contributed by atoms with Crippen molar-refractivity contribution < 1.29 is 4.79 Å². The number of carbonyl (C=O) groups excluding carboxylic acids is 1. The van der Waals surface area contributed by atoms with Crippen molar-refractivity contribution in [3.63, 3.8) is 0 Å². The van der Waals surface area contributed by atoms with Crippen LogP contribution in [0.2, 0.25) is 0 Å². The molecule has 0 N–H and O–H groups in total. The first-order valence-electron chi connectivity index (χ1n) is 2.93. The van der Waals surface area contributed by atoms with Crippen LogP contribution in [0.1, 0.15) is 19.3 Å². The highest BCUT2D eigenvalue weighted by atomic mass is 16.1. The molecule has 38 valence electrons. The second kappa shape index (κ2) is 0.908. The minimum atomic E-state index is 0.542. The van der Waals surface area contributed by atoms with Crippen molar-refractivity contribution in [1.82, 2.24) is 0 Å². The third kappa shape index (κ3) is 0.311.